The quantitative estimate of drug-likeness (QED) is 0.801. The summed E-state index contributed by atoms with van der Waals surface area (Å²) in [7, 11) is 0. The first kappa shape index (κ1) is 15.6. The maximum Gasteiger partial charge on any atom is 0.149 e. The van der Waals surface area contributed by atoms with Crippen LogP contribution in [0, 0.1) is 0 Å². The summed E-state index contributed by atoms with van der Waals surface area (Å²) >= 11 is 0. The fraction of sp³-hybridized carbons (Fsp3) is 0.929. The van der Waals surface area contributed by atoms with Crippen molar-refractivity contribution in [2.45, 2.75) is 52.2 Å². The van der Waals surface area contributed by atoms with Gasteiger partial charge in [0.2, 0.25) is 0 Å². The number of hydrogen-bond donors (Lipinski definition) is 1. The van der Waals surface area contributed by atoms with Crippen LogP contribution in [-0.4, -0.2) is 64.6 Å². The van der Waals surface area contributed by atoms with E-state index in [-0.39, 0.29) is 11.3 Å². The van der Waals surface area contributed by atoms with E-state index < -0.39 is 5.60 Å². The van der Waals surface area contributed by atoms with E-state index in [1.165, 1.54) is 0 Å². The van der Waals surface area contributed by atoms with Crippen molar-refractivity contribution in [2.24, 2.45) is 0 Å². The van der Waals surface area contributed by atoms with Crippen LogP contribution in [0.4, 0.5) is 0 Å². The van der Waals surface area contributed by atoms with Crippen molar-refractivity contribution >= 4 is 5.78 Å². The number of aliphatic hydroxyl groups is 1. The van der Waals surface area contributed by atoms with Gasteiger partial charge in [-0.25, -0.2) is 0 Å². The van der Waals surface area contributed by atoms with Crippen LogP contribution in [0.3, 0.4) is 0 Å². The first-order chi connectivity index (χ1) is 8.19. The van der Waals surface area contributed by atoms with Gasteiger partial charge in [0, 0.05) is 32.7 Å². The fourth-order valence-electron chi connectivity index (χ4n) is 2.64. The van der Waals surface area contributed by atoms with Crippen LogP contribution in [0.15, 0.2) is 0 Å². The van der Waals surface area contributed by atoms with E-state index in [9.17, 15) is 9.90 Å². The number of β-amino-alcohol motifs (C(OH)–C–C–N with tert-alkyl or cyclic N) is 1. The summed E-state index contributed by atoms with van der Waals surface area (Å²) in [6.07, 6.45) is 0.855. The van der Waals surface area contributed by atoms with Gasteiger partial charge in [-0.1, -0.05) is 6.92 Å². The van der Waals surface area contributed by atoms with Crippen molar-refractivity contribution in [1.82, 2.24) is 9.80 Å². The van der Waals surface area contributed by atoms with Crippen molar-refractivity contribution in [1.29, 1.82) is 0 Å². The first-order valence-electron chi connectivity index (χ1n) is 6.90. The lowest BCUT2D eigenvalue weighted by Crippen LogP contribution is -2.59. The molecule has 0 aromatic rings. The minimum Gasteiger partial charge on any atom is -0.389 e. The zero-order valence-electron chi connectivity index (χ0n) is 12.5. The summed E-state index contributed by atoms with van der Waals surface area (Å²) in [5.41, 5.74) is -0.961. The molecule has 0 aromatic carbocycles. The van der Waals surface area contributed by atoms with E-state index in [1.807, 2.05) is 20.8 Å². The lowest BCUT2D eigenvalue weighted by molar-refractivity contribution is -0.130. The summed E-state index contributed by atoms with van der Waals surface area (Å²) in [6.45, 7) is 13.8. The Morgan fingerprint density at radius 3 is 2.00 bits per heavy atom. The number of carbonyl (C=O) groups excluding carboxylic acids is 1. The monoisotopic (exact) mass is 256 g/mol. The van der Waals surface area contributed by atoms with E-state index in [2.05, 4.69) is 16.7 Å². The largest absolute Gasteiger partial charge is 0.389 e. The first-order valence-corrected chi connectivity index (χ1v) is 6.90. The number of Topliss-reactive ketones (excluding diaryl/α,β-unsaturated/α-hetero) is 1. The molecular weight excluding hydrogens is 228 g/mol. The van der Waals surface area contributed by atoms with E-state index in [1.54, 1.807) is 6.92 Å². The van der Waals surface area contributed by atoms with Gasteiger partial charge in [0.15, 0.2) is 0 Å². The van der Waals surface area contributed by atoms with Crippen LogP contribution in [0.5, 0.6) is 0 Å². The van der Waals surface area contributed by atoms with E-state index in [0.29, 0.717) is 6.54 Å². The Morgan fingerprint density at radius 1 is 1.17 bits per heavy atom. The molecule has 0 aromatic heterocycles. The Balaban J connectivity index is 2.56. The molecule has 18 heavy (non-hydrogen) atoms. The summed E-state index contributed by atoms with van der Waals surface area (Å²) < 4.78 is 0. The minimum atomic E-state index is -0.642. The smallest absolute Gasteiger partial charge is 0.149 e. The summed E-state index contributed by atoms with van der Waals surface area (Å²) in [4.78, 5) is 16.4. The summed E-state index contributed by atoms with van der Waals surface area (Å²) in [5.74, 6) is 0.251. The number of rotatable bonds is 5. The molecule has 0 spiro atoms. The van der Waals surface area contributed by atoms with Gasteiger partial charge in [-0.2, -0.15) is 0 Å². The van der Waals surface area contributed by atoms with Gasteiger partial charge in [0.05, 0.1) is 11.1 Å². The van der Waals surface area contributed by atoms with Crippen LogP contribution in [0.2, 0.25) is 0 Å². The molecule has 1 heterocycles. The molecule has 0 bridgehead atoms. The van der Waals surface area contributed by atoms with Crippen molar-refractivity contribution < 1.29 is 9.90 Å². The standard InChI is InChI=1S/C14H28N2O2/c1-6-14(5,12(2)17)16-9-7-15(8-10-16)11-13(3,4)18/h18H,6-11H2,1-5H3. The van der Waals surface area contributed by atoms with E-state index in [4.69, 9.17) is 0 Å². The number of carbonyl (C=O) groups is 1. The molecule has 0 saturated carbocycles. The molecular formula is C14H28N2O2. The molecule has 4 heteroatoms. The van der Waals surface area contributed by atoms with Crippen molar-refractivity contribution in [2.75, 3.05) is 32.7 Å². The average molecular weight is 256 g/mol. The molecule has 1 saturated heterocycles. The molecule has 1 aliphatic heterocycles. The molecule has 1 N–H and O–H groups in total. The lowest BCUT2D eigenvalue weighted by Gasteiger charge is -2.45. The van der Waals surface area contributed by atoms with Crippen molar-refractivity contribution in [3.63, 3.8) is 0 Å². The van der Waals surface area contributed by atoms with Gasteiger partial charge in [0.1, 0.15) is 5.78 Å². The van der Waals surface area contributed by atoms with E-state index >= 15 is 0 Å². The van der Waals surface area contributed by atoms with Crippen LogP contribution in [0.1, 0.15) is 41.0 Å². The number of hydrogen-bond acceptors (Lipinski definition) is 4. The lowest BCUT2D eigenvalue weighted by atomic mass is 9.91. The zero-order chi connectivity index (χ0) is 14.0. The molecule has 0 amide bonds. The van der Waals surface area contributed by atoms with Crippen LogP contribution < -0.4 is 0 Å². The second kappa shape index (κ2) is 5.68. The molecule has 1 fully saturated rings. The third-order valence-corrected chi connectivity index (χ3v) is 4.13. The SMILES string of the molecule is CCC(C)(C(C)=O)N1CCN(CC(C)(C)O)CC1. The highest BCUT2D eigenvalue weighted by Gasteiger charge is 2.36. The molecule has 4 nitrogen and oxygen atoms in total. The number of ketones is 1. The maximum absolute atomic E-state index is 11.8. The predicted molar refractivity (Wildman–Crippen MR) is 73.7 cm³/mol. The Kier molecular flexibility index (Phi) is 4.92. The van der Waals surface area contributed by atoms with Gasteiger partial charge in [-0.05, 0) is 34.1 Å². The third-order valence-electron chi connectivity index (χ3n) is 4.13. The zero-order valence-corrected chi connectivity index (χ0v) is 12.5. The molecule has 1 rings (SSSR count). The Morgan fingerprint density at radius 2 is 1.67 bits per heavy atom. The van der Waals surface area contributed by atoms with Gasteiger partial charge in [-0.3, -0.25) is 14.6 Å². The van der Waals surface area contributed by atoms with Crippen LogP contribution in [-0.2, 0) is 4.79 Å². The highest BCUT2D eigenvalue weighted by Crippen LogP contribution is 2.22. The van der Waals surface area contributed by atoms with Crippen molar-refractivity contribution in [3.8, 4) is 0 Å². The minimum absolute atomic E-state index is 0.251. The van der Waals surface area contributed by atoms with E-state index in [0.717, 1.165) is 32.6 Å². The Bertz CT molecular complexity index is 291. The van der Waals surface area contributed by atoms with Crippen LogP contribution in [0.25, 0.3) is 0 Å². The predicted octanol–water partition coefficient (Wildman–Crippen LogP) is 1.13. The normalized spacial score (nSPS) is 22.8. The van der Waals surface area contributed by atoms with Gasteiger partial charge in [-0.15, -0.1) is 0 Å². The maximum atomic E-state index is 11.8. The molecule has 0 aliphatic carbocycles. The molecule has 0 radical (unpaired) electrons. The van der Waals surface area contributed by atoms with Gasteiger partial charge in [0.25, 0.3) is 0 Å². The highest BCUT2D eigenvalue weighted by molar-refractivity contribution is 5.85. The molecule has 1 atom stereocenters. The average Bonchev–Trinajstić information content (AvgIpc) is 2.26. The van der Waals surface area contributed by atoms with Crippen LogP contribution >= 0.6 is 0 Å². The van der Waals surface area contributed by atoms with Gasteiger partial charge < -0.3 is 5.11 Å². The Hall–Kier alpha value is -0.450. The van der Waals surface area contributed by atoms with Crippen molar-refractivity contribution in [3.05, 3.63) is 0 Å². The highest BCUT2D eigenvalue weighted by atomic mass is 16.3. The molecule has 1 unspecified atom stereocenters. The Labute approximate surface area is 111 Å². The second-order valence-electron chi connectivity index (χ2n) is 6.26. The number of nitrogens with zero attached hydrogens (tertiary/aromatic N) is 2. The number of piperazine rings is 1. The topological polar surface area (TPSA) is 43.8 Å². The summed E-state index contributed by atoms with van der Waals surface area (Å²) in [5, 5.41) is 9.82. The second-order valence-corrected chi connectivity index (χ2v) is 6.26. The van der Waals surface area contributed by atoms with Gasteiger partial charge >= 0.3 is 0 Å². The molecule has 1 aliphatic rings. The third kappa shape index (κ3) is 3.77. The summed E-state index contributed by atoms with van der Waals surface area (Å²) in [6, 6.07) is 0. The molecule has 106 valence electrons. The fourth-order valence-corrected chi connectivity index (χ4v) is 2.64.